The summed E-state index contributed by atoms with van der Waals surface area (Å²) in [4.78, 5) is 20.3. The number of rotatable bonds is 7. The van der Waals surface area contributed by atoms with Crippen molar-refractivity contribution in [3.05, 3.63) is 54.4 Å². The summed E-state index contributed by atoms with van der Waals surface area (Å²) in [5.74, 6) is 1.67. The molecule has 0 aliphatic rings. The number of aromatic nitrogens is 2. The Labute approximate surface area is 143 Å². The van der Waals surface area contributed by atoms with E-state index in [4.69, 9.17) is 9.15 Å². The molecule has 0 unspecified atom stereocenters. The second-order valence-electron chi connectivity index (χ2n) is 5.02. The Hall–Kier alpha value is -2.54. The molecule has 0 bridgehead atoms. The number of amides is 1. The van der Waals surface area contributed by atoms with Crippen LogP contribution in [0, 0.1) is 0 Å². The largest absolute Gasteiger partial charge is 0.484 e. The number of ether oxygens (including phenoxy) is 1. The van der Waals surface area contributed by atoms with Gasteiger partial charge in [-0.25, -0.2) is 4.98 Å². The predicted molar refractivity (Wildman–Crippen MR) is 93.3 cm³/mol. The van der Waals surface area contributed by atoms with E-state index in [2.05, 4.69) is 15.3 Å². The van der Waals surface area contributed by atoms with Crippen molar-refractivity contribution < 1.29 is 13.9 Å². The highest BCUT2D eigenvalue weighted by molar-refractivity contribution is 7.98. The monoisotopic (exact) mass is 343 g/mol. The van der Waals surface area contributed by atoms with Crippen LogP contribution in [0.25, 0.3) is 10.9 Å². The van der Waals surface area contributed by atoms with Gasteiger partial charge in [0.2, 0.25) is 5.89 Å². The van der Waals surface area contributed by atoms with Gasteiger partial charge >= 0.3 is 0 Å². The van der Waals surface area contributed by atoms with Gasteiger partial charge in [0.25, 0.3) is 5.91 Å². The van der Waals surface area contributed by atoms with Crippen molar-refractivity contribution in [3.63, 3.8) is 0 Å². The Bertz CT molecular complexity index is 835. The zero-order valence-corrected chi connectivity index (χ0v) is 14.0. The van der Waals surface area contributed by atoms with E-state index in [0.717, 1.165) is 16.7 Å². The maximum atomic E-state index is 11.9. The van der Waals surface area contributed by atoms with Gasteiger partial charge < -0.3 is 14.5 Å². The Balaban J connectivity index is 1.59. The van der Waals surface area contributed by atoms with Gasteiger partial charge in [0, 0.05) is 23.9 Å². The van der Waals surface area contributed by atoms with E-state index in [-0.39, 0.29) is 18.2 Å². The van der Waals surface area contributed by atoms with Crippen LogP contribution in [-0.4, -0.2) is 34.4 Å². The van der Waals surface area contributed by atoms with E-state index >= 15 is 0 Å². The van der Waals surface area contributed by atoms with Crippen molar-refractivity contribution in [1.82, 2.24) is 15.3 Å². The molecule has 0 saturated heterocycles. The number of hydrogen-bond donors (Lipinski definition) is 1. The minimum atomic E-state index is -0.240. The minimum absolute atomic E-state index is 0.157. The zero-order valence-electron chi connectivity index (χ0n) is 13.2. The molecule has 0 atom stereocenters. The van der Waals surface area contributed by atoms with Gasteiger partial charge in [-0.1, -0.05) is 6.07 Å². The van der Waals surface area contributed by atoms with Crippen LogP contribution in [-0.2, 0) is 6.61 Å². The number of carbonyl (C=O) groups is 1. The third kappa shape index (κ3) is 4.05. The summed E-state index contributed by atoms with van der Waals surface area (Å²) in [6, 6.07) is 9.49. The van der Waals surface area contributed by atoms with Crippen LogP contribution < -0.4 is 10.1 Å². The molecule has 0 aliphatic heterocycles. The summed E-state index contributed by atoms with van der Waals surface area (Å²) in [7, 11) is 0. The van der Waals surface area contributed by atoms with Crippen LogP contribution in [0.15, 0.2) is 47.2 Å². The summed E-state index contributed by atoms with van der Waals surface area (Å²) >= 11 is 1.67. The molecule has 2 aromatic heterocycles. The normalized spacial score (nSPS) is 10.7. The number of thioether (sulfide) groups is 1. The van der Waals surface area contributed by atoms with Crippen molar-refractivity contribution >= 4 is 28.6 Å². The Kier molecular flexibility index (Phi) is 5.32. The molecule has 1 amide bonds. The molecule has 124 valence electrons. The molecule has 0 radical (unpaired) electrons. The van der Waals surface area contributed by atoms with Crippen molar-refractivity contribution in [3.8, 4) is 5.75 Å². The molecule has 7 heteroatoms. The summed E-state index contributed by atoms with van der Waals surface area (Å²) < 4.78 is 11.0. The molecule has 6 nitrogen and oxygen atoms in total. The number of oxazole rings is 1. The molecule has 24 heavy (non-hydrogen) atoms. The zero-order chi connectivity index (χ0) is 16.8. The number of nitrogens with one attached hydrogen (secondary N) is 1. The second-order valence-corrected chi connectivity index (χ2v) is 6.01. The average molecular weight is 343 g/mol. The third-order valence-electron chi connectivity index (χ3n) is 3.31. The molecule has 3 aromatic rings. The van der Waals surface area contributed by atoms with Crippen LogP contribution in [0.1, 0.15) is 16.4 Å². The fraction of sp³-hybridized carbons (Fsp3) is 0.235. The standard InChI is InChI=1S/C17H17N3O3S/c1-24-8-7-19-17(21)15-10-23-16(20-15)11-22-13-4-5-14-12(9-13)3-2-6-18-14/h2-6,9-10H,7-8,11H2,1H3,(H,19,21). The first-order valence-electron chi connectivity index (χ1n) is 7.45. The van der Waals surface area contributed by atoms with Crippen LogP contribution in [0.5, 0.6) is 5.75 Å². The number of hydrogen-bond acceptors (Lipinski definition) is 6. The summed E-state index contributed by atoms with van der Waals surface area (Å²) in [6.45, 7) is 0.758. The molecule has 0 fully saturated rings. The second kappa shape index (κ2) is 7.83. The maximum absolute atomic E-state index is 11.9. The molecular weight excluding hydrogens is 326 g/mol. The quantitative estimate of drug-likeness (QED) is 0.665. The average Bonchev–Trinajstić information content (AvgIpc) is 3.09. The van der Waals surface area contributed by atoms with Crippen LogP contribution >= 0.6 is 11.8 Å². The lowest BCUT2D eigenvalue weighted by atomic mass is 10.2. The topological polar surface area (TPSA) is 77.2 Å². The van der Waals surface area contributed by atoms with E-state index in [1.807, 2.05) is 36.6 Å². The number of carbonyl (C=O) groups excluding carboxylic acids is 1. The molecule has 1 N–H and O–H groups in total. The number of nitrogens with zero attached hydrogens (tertiary/aromatic N) is 2. The van der Waals surface area contributed by atoms with Gasteiger partial charge in [-0.3, -0.25) is 9.78 Å². The lowest BCUT2D eigenvalue weighted by Crippen LogP contribution is -2.26. The van der Waals surface area contributed by atoms with Crippen molar-refractivity contribution in [1.29, 1.82) is 0 Å². The predicted octanol–water partition coefficient (Wildman–Crippen LogP) is 2.89. The van der Waals surface area contributed by atoms with Gasteiger partial charge in [0.15, 0.2) is 12.3 Å². The molecule has 3 rings (SSSR count). The van der Waals surface area contributed by atoms with Crippen LogP contribution in [0.4, 0.5) is 0 Å². The minimum Gasteiger partial charge on any atom is -0.484 e. The molecule has 0 saturated carbocycles. The lowest BCUT2D eigenvalue weighted by molar-refractivity contribution is 0.0951. The number of fused-ring (bicyclic) bond motifs is 1. The van der Waals surface area contributed by atoms with Crippen LogP contribution in [0.3, 0.4) is 0 Å². The van der Waals surface area contributed by atoms with E-state index < -0.39 is 0 Å². The van der Waals surface area contributed by atoms with E-state index in [0.29, 0.717) is 18.2 Å². The fourth-order valence-corrected chi connectivity index (χ4v) is 2.43. The van der Waals surface area contributed by atoms with Gasteiger partial charge in [-0.2, -0.15) is 11.8 Å². The van der Waals surface area contributed by atoms with E-state index in [1.54, 1.807) is 18.0 Å². The molecular formula is C17H17N3O3S. The first-order valence-corrected chi connectivity index (χ1v) is 8.85. The fourth-order valence-electron chi connectivity index (χ4n) is 2.13. The SMILES string of the molecule is CSCCNC(=O)c1coc(COc2ccc3ncccc3c2)n1. The van der Waals surface area contributed by atoms with Crippen LogP contribution in [0.2, 0.25) is 0 Å². The first-order chi connectivity index (χ1) is 11.8. The summed E-state index contributed by atoms with van der Waals surface area (Å²) in [6.07, 6.45) is 5.08. The van der Waals surface area contributed by atoms with E-state index in [1.165, 1.54) is 6.26 Å². The van der Waals surface area contributed by atoms with Gasteiger partial charge in [0.1, 0.15) is 12.0 Å². The Morgan fingerprint density at radius 1 is 1.38 bits per heavy atom. The van der Waals surface area contributed by atoms with Gasteiger partial charge in [-0.15, -0.1) is 0 Å². The van der Waals surface area contributed by atoms with Crippen molar-refractivity contribution in [2.24, 2.45) is 0 Å². The Morgan fingerprint density at radius 2 is 2.29 bits per heavy atom. The number of benzene rings is 1. The van der Waals surface area contributed by atoms with Crippen molar-refractivity contribution in [2.45, 2.75) is 6.61 Å². The highest BCUT2D eigenvalue weighted by Gasteiger charge is 2.12. The maximum Gasteiger partial charge on any atom is 0.273 e. The molecule has 2 heterocycles. The molecule has 0 aliphatic carbocycles. The summed E-state index contributed by atoms with van der Waals surface area (Å²) in [5, 5.41) is 3.77. The summed E-state index contributed by atoms with van der Waals surface area (Å²) in [5.41, 5.74) is 1.17. The lowest BCUT2D eigenvalue weighted by Gasteiger charge is -2.04. The Morgan fingerprint density at radius 3 is 3.17 bits per heavy atom. The van der Waals surface area contributed by atoms with E-state index in [9.17, 15) is 4.79 Å². The molecule has 0 spiro atoms. The third-order valence-corrected chi connectivity index (χ3v) is 3.93. The smallest absolute Gasteiger partial charge is 0.273 e. The van der Waals surface area contributed by atoms with Gasteiger partial charge in [0.05, 0.1) is 5.52 Å². The first kappa shape index (κ1) is 16.3. The van der Waals surface area contributed by atoms with Crippen molar-refractivity contribution in [2.75, 3.05) is 18.6 Å². The highest BCUT2D eigenvalue weighted by Crippen LogP contribution is 2.19. The molecule has 1 aromatic carbocycles. The highest BCUT2D eigenvalue weighted by atomic mass is 32.2. The number of pyridine rings is 1. The van der Waals surface area contributed by atoms with Gasteiger partial charge in [-0.05, 0) is 30.5 Å².